The number of ketones is 1. The highest BCUT2D eigenvalue weighted by atomic mass is 19.1. The molecule has 1 aliphatic heterocycles. The maximum Gasteiger partial charge on any atom is 0.225 e. The molecule has 1 amide bonds. The molecule has 0 saturated heterocycles. The van der Waals surface area contributed by atoms with Gasteiger partial charge in [0.25, 0.3) is 0 Å². The van der Waals surface area contributed by atoms with Gasteiger partial charge in [-0.05, 0) is 48.6 Å². The molecular formula is C24H24FNO4. The topological polar surface area (TPSA) is 64.6 Å². The maximum atomic E-state index is 14.4. The molecule has 0 bridgehead atoms. The molecule has 2 aliphatic rings. The molecule has 1 N–H and O–H groups in total. The van der Waals surface area contributed by atoms with Crippen molar-refractivity contribution in [3.8, 4) is 11.5 Å². The summed E-state index contributed by atoms with van der Waals surface area (Å²) in [6.07, 6.45) is 0.888. The smallest absolute Gasteiger partial charge is 0.225 e. The summed E-state index contributed by atoms with van der Waals surface area (Å²) in [5.74, 6) is -0.0223. The molecule has 156 valence electrons. The Bertz CT molecular complexity index is 1030. The lowest BCUT2D eigenvalue weighted by Gasteiger charge is -2.34. The molecule has 0 fully saturated rings. The van der Waals surface area contributed by atoms with Crippen LogP contribution < -0.4 is 14.8 Å². The van der Waals surface area contributed by atoms with Crippen LogP contribution in [0.25, 0.3) is 0 Å². The number of hydrogen-bond donors (Lipinski definition) is 1. The van der Waals surface area contributed by atoms with Crippen molar-refractivity contribution < 1.29 is 23.5 Å². The van der Waals surface area contributed by atoms with Gasteiger partial charge in [0, 0.05) is 30.0 Å². The Morgan fingerprint density at radius 1 is 1.07 bits per heavy atom. The second kappa shape index (κ2) is 8.30. The zero-order valence-electron chi connectivity index (χ0n) is 17.0. The van der Waals surface area contributed by atoms with Gasteiger partial charge in [0.1, 0.15) is 5.82 Å². The highest BCUT2D eigenvalue weighted by Gasteiger charge is 2.39. The summed E-state index contributed by atoms with van der Waals surface area (Å²) in [5, 5.41) is 2.87. The fourth-order valence-corrected chi connectivity index (χ4v) is 4.43. The molecule has 2 aromatic carbocycles. The first kappa shape index (κ1) is 20.1. The van der Waals surface area contributed by atoms with E-state index in [1.54, 1.807) is 25.3 Å². The average molecular weight is 409 g/mol. The number of methoxy groups -OCH3 is 1. The molecular weight excluding hydrogens is 385 g/mol. The fraction of sp³-hybridized carbons (Fsp3) is 0.333. The van der Waals surface area contributed by atoms with E-state index in [1.807, 2.05) is 25.1 Å². The number of ether oxygens (including phenoxy) is 2. The van der Waals surface area contributed by atoms with Crippen molar-refractivity contribution in [1.29, 1.82) is 0 Å². The number of benzene rings is 2. The number of carbonyl (C=O) groups excluding carboxylic acids is 2. The van der Waals surface area contributed by atoms with E-state index in [0.717, 1.165) is 5.56 Å². The zero-order chi connectivity index (χ0) is 21.3. The first-order valence-corrected chi connectivity index (χ1v) is 10.1. The highest BCUT2D eigenvalue weighted by molar-refractivity contribution is 6.02. The Kier molecular flexibility index (Phi) is 5.57. The number of halogens is 1. The zero-order valence-corrected chi connectivity index (χ0v) is 17.0. The van der Waals surface area contributed by atoms with Crippen LogP contribution in [0, 0.1) is 5.82 Å². The standard InChI is InChI=1S/C24H24FNO4/c1-3-30-21-9-8-14(12-22(21)29-2)15-10-19-24(20(27)11-15)17(13-23(28)26-19)16-6-4-5-7-18(16)25/h4-9,12,15,17H,3,10-11,13H2,1-2H3,(H,26,28). The molecule has 2 unspecified atom stereocenters. The van der Waals surface area contributed by atoms with Crippen molar-refractivity contribution >= 4 is 11.7 Å². The maximum absolute atomic E-state index is 14.4. The van der Waals surface area contributed by atoms with Gasteiger partial charge >= 0.3 is 0 Å². The minimum Gasteiger partial charge on any atom is -0.493 e. The number of rotatable bonds is 5. The van der Waals surface area contributed by atoms with E-state index in [4.69, 9.17) is 9.47 Å². The summed E-state index contributed by atoms with van der Waals surface area (Å²) in [6, 6.07) is 12.0. The number of allylic oxidation sites excluding steroid dienone is 2. The molecule has 2 aromatic rings. The largest absolute Gasteiger partial charge is 0.493 e. The third kappa shape index (κ3) is 3.70. The Balaban J connectivity index is 1.69. The van der Waals surface area contributed by atoms with Crippen molar-refractivity contribution in [2.24, 2.45) is 0 Å². The number of carbonyl (C=O) groups is 2. The van der Waals surface area contributed by atoms with Gasteiger partial charge in [-0.3, -0.25) is 9.59 Å². The van der Waals surface area contributed by atoms with Crippen LogP contribution in [-0.2, 0) is 9.59 Å². The van der Waals surface area contributed by atoms with Crippen LogP contribution in [-0.4, -0.2) is 25.4 Å². The lowest BCUT2D eigenvalue weighted by molar-refractivity contribution is -0.122. The van der Waals surface area contributed by atoms with Gasteiger partial charge in [0.2, 0.25) is 5.91 Å². The Morgan fingerprint density at radius 2 is 1.87 bits per heavy atom. The van der Waals surface area contributed by atoms with Crippen molar-refractivity contribution in [1.82, 2.24) is 5.32 Å². The predicted octanol–water partition coefficient (Wildman–Crippen LogP) is 4.24. The lowest BCUT2D eigenvalue weighted by atomic mass is 9.73. The minimum atomic E-state index is -0.543. The van der Waals surface area contributed by atoms with E-state index in [2.05, 4.69) is 5.32 Å². The summed E-state index contributed by atoms with van der Waals surface area (Å²) in [5.41, 5.74) is 2.48. The Hall–Kier alpha value is -3.15. The first-order valence-electron chi connectivity index (χ1n) is 10.1. The fourth-order valence-electron chi connectivity index (χ4n) is 4.43. The number of Topliss-reactive ketones (excluding diaryl/α,β-unsaturated/α-hetero) is 1. The van der Waals surface area contributed by atoms with Crippen molar-refractivity contribution in [3.05, 3.63) is 70.7 Å². The van der Waals surface area contributed by atoms with Crippen LogP contribution in [0.2, 0.25) is 0 Å². The third-order valence-electron chi connectivity index (χ3n) is 5.78. The molecule has 30 heavy (non-hydrogen) atoms. The van der Waals surface area contributed by atoms with Gasteiger partial charge in [-0.2, -0.15) is 0 Å². The molecule has 1 aliphatic carbocycles. The van der Waals surface area contributed by atoms with Gasteiger partial charge in [0.15, 0.2) is 17.3 Å². The molecule has 0 saturated carbocycles. The van der Waals surface area contributed by atoms with Crippen LogP contribution in [0.1, 0.15) is 49.1 Å². The first-order chi connectivity index (χ1) is 14.5. The quantitative estimate of drug-likeness (QED) is 0.802. The SMILES string of the molecule is CCOc1ccc(C2CC(=O)C3=C(C2)NC(=O)CC3c2ccccc2F)cc1OC. The van der Waals surface area contributed by atoms with Gasteiger partial charge in [-0.15, -0.1) is 0 Å². The van der Waals surface area contributed by atoms with E-state index < -0.39 is 11.7 Å². The summed E-state index contributed by atoms with van der Waals surface area (Å²) < 4.78 is 25.4. The number of hydrogen-bond acceptors (Lipinski definition) is 4. The average Bonchev–Trinajstić information content (AvgIpc) is 2.73. The molecule has 6 heteroatoms. The molecule has 2 atom stereocenters. The molecule has 1 heterocycles. The van der Waals surface area contributed by atoms with Gasteiger partial charge in [-0.25, -0.2) is 4.39 Å². The van der Waals surface area contributed by atoms with E-state index in [0.29, 0.717) is 47.8 Å². The van der Waals surface area contributed by atoms with Crippen LogP contribution in [0.15, 0.2) is 53.7 Å². The number of nitrogens with one attached hydrogen (secondary N) is 1. The van der Waals surface area contributed by atoms with E-state index in [9.17, 15) is 14.0 Å². The summed E-state index contributed by atoms with van der Waals surface area (Å²) in [6.45, 7) is 2.43. The molecule has 0 aromatic heterocycles. The predicted molar refractivity (Wildman–Crippen MR) is 110 cm³/mol. The van der Waals surface area contributed by atoms with Crippen LogP contribution in [0.4, 0.5) is 4.39 Å². The van der Waals surface area contributed by atoms with Crippen LogP contribution in [0.5, 0.6) is 11.5 Å². The molecule has 5 nitrogen and oxygen atoms in total. The Labute approximate surface area is 174 Å². The third-order valence-corrected chi connectivity index (χ3v) is 5.78. The Morgan fingerprint density at radius 3 is 2.60 bits per heavy atom. The van der Waals surface area contributed by atoms with E-state index in [1.165, 1.54) is 6.07 Å². The van der Waals surface area contributed by atoms with Gasteiger partial charge < -0.3 is 14.8 Å². The van der Waals surface area contributed by atoms with E-state index >= 15 is 0 Å². The molecule has 4 rings (SSSR count). The second-order valence-electron chi connectivity index (χ2n) is 7.59. The normalized spacial score (nSPS) is 21.2. The van der Waals surface area contributed by atoms with Crippen molar-refractivity contribution in [2.75, 3.05) is 13.7 Å². The summed E-state index contributed by atoms with van der Waals surface area (Å²) >= 11 is 0. The molecule has 0 radical (unpaired) electrons. The summed E-state index contributed by atoms with van der Waals surface area (Å²) in [4.78, 5) is 25.5. The highest BCUT2D eigenvalue weighted by Crippen LogP contribution is 2.44. The van der Waals surface area contributed by atoms with Crippen molar-refractivity contribution in [2.45, 2.75) is 38.0 Å². The van der Waals surface area contributed by atoms with Crippen molar-refractivity contribution in [3.63, 3.8) is 0 Å². The molecule has 0 spiro atoms. The minimum absolute atomic E-state index is 0.0534. The monoisotopic (exact) mass is 409 g/mol. The van der Waals surface area contributed by atoms with E-state index in [-0.39, 0.29) is 24.0 Å². The number of amides is 1. The lowest BCUT2D eigenvalue weighted by Crippen LogP contribution is -2.38. The van der Waals surface area contributed by atoms with Crippen LogP contribution >= 0.6 is 0 Å². The summed E-state index contributed by atoms with van der Waals surface area (Å²) in [7, 11) is 1.58. The van der Waals surface area contributed by atoms with Crippen LogP contribution in [0.3, 0.4) is 0 Å². The second-order valence-corrected chi connectivity index (χ2v) is 7.59. The van der Waals surface area contributed by atoms with Gasteiger partial charge in [-0.1, -0.05) is 24.3 Å². The van der Waals surface area contributed by atoms with Gasteiger partial charge in [0.05, 0.1) is 13.7 Å².